The first-order chi connectivity index (χ1) is 6.79. The Labute approximate surface area is 84.0 Å². The Hall–Kier alpha value is -1.51. The van der Waals surface area contributed by atoms with Crippen LogP contribution in [0, 0.1) is 0 Å². The number of guanidine groups is 1. The van der Waals surface area contributed by atoms with Gasteiger partial charge in [-0.2, -0.15) is 0 Å². The maximum absolute atomic E-state index is 5.59. The summed E-state index contributed by atoms with van der Waals surface area (Å²) in [4.78, 5) is 3.86. The zero-order valence-corrected chi connectivity index (χ0v) is 8.38. The van der Waals surface area contributed by atoms with Crippen LogP contribution in [0.4, 0.5) is 5.69 Å². The van der Waals surface area contributed by atoms with Crippen LogP contribution in [0.2, 0.25) is 0 Å². The monoisotopic (exact) mass is 189 g/mol. The predicted octanol–water partition coefficient (Wildman–Crippen LogP) is 1.53. The van der Waals surface area contributed by atoms with Crippen molar-refractivity contribution >= 4 is 11.6 Å². The lowest BCUT2D eigenvalue weighted by molar-refractivity contribution is 0.912. The summed E-state index contributed by atoms with van der Waals surface area (Å²) in [5, 5.41) is 3.05. The molecule has 0 saturated heterocycles. The third-order valence-corrected chi connectivity index (χ3v) is 2.61. The maximum atomic E-state index is 5.59. The Bertz CT molecular complexity index is 369. The highest BCUT2D eigenvalue weighted by atomic mass is 15.1. The van der Waals surface area contributed by atoms with Gasteiger partial charge < -0.3 is 11.1 Å². The van der Waals surface area contributed by atoms with Crippen molar-refractivity contribution in [2.45, 2.75) is 19.3 Å². The van der Waals surface area contributed by atoms with Crippen LogP contribution in [0.1, 0.15) is 17.5 Å². The summed E-state index contributed by atoms with van der Waals surface area (Å²) in [5.74, 6) is 0.461. The number of anilines is 1. The average molecular weight is 189 g/mol. The number of aryl methyl sites for hydroxylation is 2. The van der Waals surface area contributed by atoms with E-state index in [1.807, 2.05) is 0 Å². The number of nitrogens with one attached hydrogen (secondary N) is 1. The summed E-state index contributed by atoms with van der Waals surface area (Å²) in [6.45, 7) is 0. The SMILES string of the molecule is CN=C(N)Nc1ccc2c(c1)CCC2. The van der Waals surface area contributed by atoms with E-state index in [0.29, 0.717) is 5.96 Å². The molecule has 3 nitrogen and oxygen atoms in total. The van der Waals surface area contributed by atoms with Gasteiger partial charge in [0.05, 0.1) is 0 Å². The van der Waals surface area contributed by atoms with Gasteiger partial charge in [0, 0.05) is 12.7 Å². The number of nitrogens with two attached hydrogens (primary N) is 1. The minimum atomic E-state index is 0.461. The number of rotatable bonds is 1. The lowest BCUT2D eigenvalue weighted by atomic mass is 10.1. The van der Waals surface area contributed by atoms with Gasteiger partial charge in [-0.3, -0.25) is 4.99 Å². The fourth-order valence-corrected chi connectivity index (χ4v) is 1.85. The largest absolute Gasteiger partial charge is 0.370 e. The fourth-order valence-electron chi connectivity index (χ4n) is 1.85. The molecule has 1 aliphatic carbocycles. The number of nitrogens with zero attached hydrogens (tertiary/aromatic N) is 1. The molecule has 0 fully saturated rings. The Morgan fingerprint density at radius 2 is 2.14 bits per heavy atom. The summed E-state index contributed by atoms with van der Waals surface area (Å²) in [5.41, 5.74) is 9.54. The molecule has 0 saturated carbocycles. The molecule has 1 aromatic rings. The summed E-state index contributed by atoms with van der Waals surface area (Å²) < 4.78 is 0. The number of hydrogen-bond donors (Lipinski definition) is 2. The second-order valence-electron chi connectivity index (χ2n) is 3.57. The van der Waals surface area contributed by atoms with Crippen molar-refractivity contribution in [3.8, 4) is 0 Å². The summed E-state index contributed by atoms with van der Waals surface area (Å²) in [7, 11) is 1.68. The highest BCUT2D eigenvalue weighted by molar-refractivity contribution is 5.92. The molecule has 0 amide bonds. The molecule has 0 bridgehead atoms. The van der Waals surface area contributed by atoms with Gasteiger partial charge in [-0.15, -0.1) is 0 Å². The van der Waals surface area contributed by atoms with Gasteiger partial charge in [-0.05, 0) is 42.5 Å². The standard InChI is InChI=1S/C11H15N3/c1-13-11(12)14-10-6-5-8-3-2-4-9(8)7-10/h5-7H,2-4H2,1H3,(H3,12,13,14). The molecule has 1 aromatic carbocycles. The van der Waals surface area contributed by atoms with E-state index in [-0.39, 0.29) is 0 Å². The molecule has 0 spiro atoms. The van der Waals surface area contributed by atoms with Crippen molar-refractivity contribution in [3.05, 3.63) is 29.3 Å². The minimum absolute atomic E-state index is 0.461. The van der Waals surface area contributed by atoms with Gasteiger partial charge in [0.25, 0.3) is 0 Å². The average Bonchev–Trinajstić information content (AvgIpc) is 2.64. The van der Waals surface area contributed by atoms with Gasteiger partial charge in [-0.25, -0.2) is 0 Å². The van der Waals surface area contributed by atoms with Crippen LogP contribution in [0.25, 0.3) is 0 Å². The van der Waals surface area contributed by atoms with Crippen molar-refractivity contribution in [3.63, 3.8) is 0 Å². The minimum Gasteiger partial charge on any atom is -0.370 e. The van der Waals surface area contributed by atoms with E-state index in [0.717, 1.165) is 5.69 Å². The van der Waals surface area contributed by atoms with Crippen LogP contribution >= 0.6 is 0 Å². The zero-order valence-electron chi connectivity index (χ0n) is 8.38. The van der Waals surface area contributed by atoms with Crippen LogP contribution < -0.4 is 11.1 Å². The van der Waals surface area contributed by atoms with E-state index in [1.165, 1.54) is 30.4 Å². The molecule has 14 heavy (non-hydrogen) atoms. The fraction of sp³-hybridized carbons (Fsp3) is 0.364. The van der Waals surface area contributed by atoms with Crippen molar-refractivity contribution in [1.29, 1.82) is 0 Å². The summed E-state index contributed by atoms with van der Waals surface area (Å²) in [6, 6.07) is 6.40. The van der Waals surface area contributed by atoms with Crippen LogP contribution in [-0.4, -0.2) is 13.0 Å². The molecule has 2 rings (SSSR count). The normalized spacial score (nSPS) is 15.4. The second-order valence-corrected chi connectivity index (χ2v) is 3.57. The first-order valence-electron chi connectivity index (χ1n) is 4.90. The molecule has 0 atom stereocenters. The van der Waals surface area contributed by atoms with E-state index in [2.05, 4.69) is 28.5 Å². The van der Waals surface area contributed by atoms with Gasteiger partial charge in [-0.1, -0.05) is 6.07 Å². The first-order valence-corrected chi connectivity index (χ1v) is 4.90. The van der Waals surface area contributed by atoms with E-state index in [1.54, 1.807) is 7.05 Å². The molecule has 3 N–H and O–H groups in total. The Balaban J connectivity index is 2.21. The summed E-state index contributed by atoms with van der Waals surface area (Å²) in [6.07, 6.45) is 3.68. The summed E-state index contributed by atoms with van der Waals surface area (Å²) >= 11 is 0. The molecule has 1 aliphatic rings. The zero-order chi connectivity index (χ0) is 9.97. The van der Waals surface area contributed by atoms with Crippen LogP contribution in [0.5, 0.6) is 0 Å². The van der Waals surface area contributed by atoms with Crippen LogP contribution in [0.3, 0.4) is 0 Å². The quantitative estimate of drug-likeness (QED) is 0.520. The highest BCUT2D eigenvalue weighted by Gasteiger charge is 2.10. The Morgan fingerprint density at radius 1 is 1.36 bits per heavy atom. The lowest BCUT2D eigenvalue weighted by Crippen LogP contribution is -2.22. The molecular weight excluding hydrogens is 174 g/mol. The van der Waals surface area contributed by atoms with Crippen LogP contribution in [-0.2, 0) is 12.8 Å². The molecule has 3 heteroatoms. The third-order valence-electron chi connectivity index (χ3n) is 2.61. The third kappa shape index (κ3) is 1.71. The highest BCUT2D eigenvalue weighted by Crippen LogP contribution is 2.24. The van der Waals surface area contributed by atoms with Crippen molar-refractivity contribution in [1.82, 2.24) is 0 Å². The lowest BCUT2D eigenvalue weighted by Gasteiger charge is -2.06. The predicted molar refractivity (Wildman–Crippen MR) is 59.6 cm³/mol. The second kappa shape index (κ2) is 3.70. The molecule has 0 heterocycles. The number of fused-ring (bicyclic) bond motifs is 1. The van der Waals surface area contributed by atoms with Gasteiger partial charge in [0.15, 0.2) is 5.96 Å². The first kappa shape index (κ1) is 9.06. The molecule has 0 radical (unpaired) electrons. The van der Waals surface area contributed by atoms with Gasteiger partial charge in [0.2, 0.25) is 0 Å². The van der Waals surface area contributed by atoms with E-state index < -0.39 is 0 Å². The molecule has 0 unspecified atom stereocenters. The molecule has 0 aliphatic heterocycles. The Morgan fingerprint density at radius 3 is 2.93 bits per heavy atom. The number of aliphatic imine (C=N–C) groups is 1. The smallest absolute Gasteiger partial charge is 0.192 e. The van der Waals surface area contributed by atoms with E-state index in [4.69, 9.17) is 5.73 Å². The number of benzene rings is 1. The van der Waals surface area contributed by atoms with Crippen molar-refractivity contribution < 1.29 is 0 Å². The van der Waals surface area contributed by atoms with E-state index >= 15 is 0 Å². The molecule has 74 valence electrons. The molecular formula is C11H15N3. The van der Waals surface area contributed by atoms with Crippen LogP contribution in [0.15, 0.2) is 23.2 Å². The van der Waals surface area contributed by atoms with Gasteiger partial charge >= 0.3 is 0 Å². The number of hydrogen-bond acceptors (Lipinski definition) is 1. The molecule has 0 aromatic heterocycles. The van der Waals surface area contributed by atoms with Gasteiger partial charge in [0.1, 0.15) is 0 Å². The van der Waals surface area contributed by atoms with Crippen molar-refractivity contribution in [2.24, 2.45) is 10.7 Å². The van der Waals surface area contributed by atoms with Crippen molar-refractivity contribution in [2.75, 3.05) is 12.4 Å². The topological polar surface area (TPSA) is 50.4 Å². The van der Waals surface area contributed by atoms with E-state index in [9.17, 15) is 0 Å². The Kier molecular flexibility index (Phi) is 2.39. The maximum Gasteiger partial charge on any atom is 0.192 e.